The average molecular weight is 359 g/mol. The van der Waals surface area contributed by atoms with Crippen molar-refractivity contribution in [1.82, 2.24) is 0 Å². The summed E-state index contributed by atoms with van der Waals surface area (Å²) in [6, 6.07) is 25.2. The van der Waals surface area contributed by atoms with Crippen LogP contribution < -0.4 is 10.1 Å². The number of hydrogen-bond donors (Lipinski definition) is 1. The molecule has 0 aliphatic carbocycles. The zero-order chi connectivity index (χ0) is 19.3. The van der Waals surface area contributed by atoms with Crippen LogP contribution in [0.3, 0.4) is 0 Å². The van der Waals surface area contributed by atoms with Gasteiger partial charge >= 0.3 is 0 Å². The van der Waals surface area contributed by atoms with Gasteiger partial charge in [0.2, 0.25) is 0 Å². The molecule has 0 spiro atoms. The van der Waals surface area contributed by atoms with Crippen LogP contribution in [0.5, 0.6) is 5.75 Å². The predicted molar refractivity (Wildman–Crippen MR) is 110 cm³/mol. The maximum absolute atomic E-state index is 12.6. The van der Waals surface area contributed by atoms with E-state index in [0.717, 1.165) is 11.3 Å². The van der Waals surface area contributed by atoms with E-state index in [9.17, 15) is 4.79 Å². The number of rotatable bonds is 5. The predicted octanol–water partition coefficient (Wildman–Crippen LogP) is 5.82. The molecule has 0 saturated carbocycles. The highest BCUT2D eigenvalue weighted by Crippen LogP contribution is 2.24. The summed E-state index contributed by atoms with van der Waals surface area (Å²) >= 11 is 0. The van der Waals surface area contributed by atoms with Crippen LogP contribution in [0.1, 0.15) is 42.3 Å². The molecule has 1 N–H and O–H groups in total. The first-order valence-corrected chi connectivity index (χ1v) is 9.10. The second kappa shape index (κ2) is 8.09. The number of anilines is 1. The molecule has 0 fully saturated rings. The van der Waals surface area contributed by atoms with E-state index in [0.29, 0.717) is 17.9 Å². The van der Waals surface area contributed by atoms with E-state index in [1.165, 1.54) is 5.56 Å². The van der Waals surface area contributed by atoms with E-state index < -0.39 is 0 Å². The Kier molecular flexibility index (Phi) is 5.60. The molecule has 138 valence electrons. The fourth-order valence-electron chi connectivity index (χ4n) is 2.72. The van der Waals surface area contributed by atoms with Gasteiger partial charge in [-0.3, -0.25) is 4.79 Å². The quantitative estimate of drug-likeness (QED) is 0.624. The molecule has 0 heterocycles. The third kappa shape index (κ3) is 5.20. The topological polar surface area (TPSA) is 38.3 Å². The molecule has 3 aromatic carbocycles. The number of ether oxygens (including phenoxy) is 1. The smallest absolute Gasteiger partial charge is 0.255 e. The lowest BCUT2D eigenvalue weighted by molar-refractivity contribution is 0.102. The molecule has 1 amide bonds. The van der Waals surface area contributed by atoms with Gasteiger partial charge in [0, 0.05) is 11.3 Å². The van der Waals surface area contributed by atoms with Crippen LogP contribution >= 0.6 is 0 Å². The highest BCUT2D eigenvalue weighted by atomic mass is 16.5. The molecule has 0 radical (unpaired) electrons. The first-order valence-electron chi connectivity index (χ1n) is 9.10. The fourth-order valence-corrected chi connectivity index (χ4v) is 2.72. The second-order valence-corrected chi connectivity index (χ2v) is 7.58. The number of hydrogen-bond acceptors (Lipinski definition) is 2. The Balaban J connectivity index is 1.64. The number of nitrogens with one attached hydrogen (secondary N) is 1. The van der Waals surface area contributed by atoms with Crippen molar-refractivity contribution in [2.45, 2.75) is 32.8 Å². The normalized spacial score (nSPS) is 11.1. The van der Waals surface area contributed by atoms with Gasteiger partial charge in [0.15, 0.2) is 0 Å². The highest BCUT2D eigenvalue weighted by Gasteiger charge is 2.13. The maximum atomic E-state index is 12.6. The highest BCUT2D eigenvalue weighted by molar-refractivity contribution is 6.04. The summed E-state index contributed by atoms with van der Waals surface area (Å²) < 4.78 is 5.81. The zero-order valence-electron chi connectivity index (χ0n) is 16.0. The summed E-state index contributed by atoms with van der Waals surface area (Å²) in [4.78, 5) is 12.6. The van der Waals surface area contributed by atoms with Gasteiger partial charge in [-0.05, 0) is 46.9 Å². The number of benzene rings is 3. The van der Waals surface area contributed by atoms with Gasteiger partial charge in [-0.1, -0.05) is 69.3 Å². The Morgan fingerprint density at radius 1 is 0.889 bits per heavy atom. The SMILES string of the molecule is CC(C)(C)c1ccc(NC(=O)c2cccc(OCc3ccccc3)c2)cc1. The minimum absolute atomic E-state index is 0.0902. The standard InChI is InChI=1S/C24H25NO2/c1-24(2,3)20-12-14-21(15-13-20)25-23(26)19-10-7-11-22(16-19)27-17-18-8-5-4-6-9-18/h4-16H,17H2,1-3H3,(H,25,26). The fraction of sp³-hybridized carbons (Fsp3) is 0.208. The molecule has 3 heteroatoms. The average Bonchev–Trinajstić information content (AvgIpc) is 2.67. The van der Waals surface area contributed by atoms with Crippen molar-refractivity contribution >= 4 is 11.6 Å². The van der Waals surface area contributed by atoms with Crippen molar-refractivity contribution in [3.05, 3.63) is 95.6 Å². The molecule has 0 aliphatic heterocycles. The van der Waals surface area contributed by atoms with Gasteiger partial charge in [-0.15, -0.1) is 0 Å². The van der Waals surface area contributed by atoms with Crippen LogP contribution in [-0.4, -0.2) is 5.91 Å². The Morgan fingerprint density at radius 3 is 2.26 bits per heavy atom. The summed E-state index contributed by atoms with van der Waals surface area (Å²) in [5.41, 5.74) is 3.76. The first kappa shape index (κ1) is 18.7. The summed E-state index contributed by atoms with van der Waals surface area (Å²) in [5.74, 6) is 0.526. The summed E-state index contributed by atoms with van der Waals surface area (Å²) in [6.07, 6.45) is 0. The van der Waals surface area contributed by atoms with Crippen LogP contribution in [0.15, 0.2) is 78.9 Å². The maximum Gasteiger partial charge on any atom is 0.255 e. The van der Waals surface area contributed by atoms with Gasteiger partial charge in [0.25, 0.3) is 5.91 Å². The summed E-state index contributed by atoms with van der Waals surface area (Å²) in [7, 11) is 0. The minimum Gasteiger partial charge on any atom is -0.489 e. The minimum atomic E-state index is -0.149. The first-order chi connectivity index (χ1) is 12.9. The van der Waals surface area contributed by atoms with Gasteiger partial charge in [0.1, 0.15) is 12.4 Å². The Hall–Kier alpha value is -3.07. The van der Waals surface area contributed by atoms with E-state index in [-0.39, 0.29) is 11.3 Å². The lowest BCUT2D eigenvalue weighted by atomic mass is 9.87. The molecule has 0 aliphatic rings. The zero-order valence-corrected chi connectivity index (χ0v) is 16.0. The van der Waals surface area contributed by atoms with Crippen molar-refractivity contribution in [3.63, 3.8) is 0 Å². The third-order valence-electron chi connectivity index (χ3n) is 4.35. The van der Waals surface area contributed by atoms with Gasteiger partial charge in [0.05, 0.1) is 0 Å². The lowest BCUT2D eigenvalue weighted by Crippen LogP contribution is -2.13. The second-order valence-electron chi connectivity index (χ2n) is 7.58. The Bertz CT molecular complexity index is 894. The molecule has 3 aromatic rings. The number of carbonyl (C=O) groups excluding carboxylic acids is 1. The van der Waals surface area contributed by atoms with Gasteiger partial charge in [-0.25, -0.2) is 0 Å². The molecule has 0 aromatic heterocycles. The van der Waals surface area contributed by atoms with Crippen molar-refractivity contribution in [3.8, 4) is 5.75 Å². The molecule has 0 saturated heterocycles. The van der Waals surface area contributed by atoms with Crippen molar-refractivity contribution in [2.75, 3.05) is 5.32 Å². The van der Waals surface area contributed by atoms with Gasteiger partial charge < -0.3 is 10.1 Å². The largest absolute Gasteiger partial charge is 0.489 e. The van der Waals surface area contributed by atoms with E-state index in [2.05, 4.69) is 38.2 Å². The Labute approximate surface area is 161 Å². The molecule has 0 unspecified atom stereocenters. The molecule has 0 bridgehead atoms. The molecule has 27 heavy (non-hydrogen) atoms. The summed E-state index contributed by atoms with van der Waals surface area (Å²) in [6.45, 7) is 6.98. The van der Waals surface area contributed by atoms with E-state index in [4.69, 9.17) is 4.74 Å². The van der Waals surface area contributed by atoms with E-state index >= 15 is 0 Å². The third-order valence-corrected chi connectivity index (χ3v) is 4.35. The molecule has 3 rings (SSSR count). The van der Waals surface area contributed by atoms with Crippen LogP contribution in [0.25, 0.3) is 0 Å². The summed E-state index contributed by atoms with van der Waals surface area (Å²) in [5, 5.41) is 2.94. The van der Waals surface area contributed by atoms with Crippen molar-refractivity contribution in [1.29, 1.82) is 0 Å². The molecule has 3 nitrogen and oxygen atoms in total. The number of carbonyl (C=O) groups is 1. The van der Waals surface area contributed by atoms with E-state index in [1.54, 1.807) is 12.1 Å². The number of amides is 1. The molecular formula is C24H25NO2. The van der Waals surface area contributed by atoms with Crippen LogP contribution in [-0.2, 0) is 12.0 Å². The van der Waals surface area contributed by atoms with Crippen LogP contribution in [0.4, 0.5) is 5.69 Å². The van der Waals surface area contributed by atoms with Gasteiger partial charge in [-0.2, -0.15) is 0 Å². The van der Waals surface area contributed by atoms with Crippen LogP contribution in [0, 0.1) is 0 Å². The molecule has 0 atom stereocenters. The molecular weight excluding hydrogens is 334 g/mol. The van der Waals surface area contributed by atoms with Crippen molar-refractivity contribution in [2.24, 2.45) is 0 Å². The Morgan fingerprint density at radius 2 is 1.59 bits per heavy atom. The van der Waals surface area contributed by atoms with Crippen molar-refractivity contribution < 1.29 is 9.53 Å². The van der Waals surface area contributed by atoms with E-state index in [1.807, 2.05) is 54.6 Å². The monoisotopic (exact) mass is 359 g/mol. The lowest BCUT2D eigenvalue weighted by Gasteiger charge is -2.19. The van der Waals surface area contributed by atoms with Crippen LogP contribution in [0.2, 0.25) is 0 Å².